The lowest BCUT2D eigenvalue weighted by molar-refractivity contribution is 0.250. The minimum atomic E-state index is -0.683. The van der Waals surface area contributed by atoms with E-state index in [-0.39, 0.29) is 11.6 Å². The number of imidazole rings is 1. The Morgan fingerprint density at radius 2 is 1.88 bits per heavy atom. The van der Waals surface area contributed by atoms with Gasteiger partial charge in [-0.2, -0.15) is 4.98 Å². The fourth-order valence-corrected chi connectivity index (χ4v) is 2.73. The van der Waals surface area contributed by atoms with Crippen molar-refractivity contribution in [2.24, 2.45) is 5.73 Å². The van der Waals surface area contributed by atoms with Crippen molar-refractivity contribution in [3.05, 3.63) is 60.1 Å². The number of nitrogens with zero attached hydrogens (tertiary/aromatic N) is 4. The van der Waals surface area contributed by atoms with Gasteiger partial charge in [-0.15, -0.1) is 0 Å². The summed E-state index contributed by atoms with van der Waals surface area (Å²) in [4.78, 5) is 24.9. The third kappa shape index (κ3) is 2.59. The molecule has 0 aliphatic carbocycles. The quantitative estimate of drug-likeness (QED) is 0.591. The fraction of sp³-hybridized carbons (Fsp3) is 0.0588. The van der Waals surface area contributed by atoms with Crippen molar-refractivity contribution in [3.63, 3.8) is 0 Å². The molecule has 1 amide bonds. The maximum Gasteiger partial charge on any atom is 0.326 e. The molecule has 8 heteroatoms. The highest BCUT2D eigenvalue weighted by atomic mass is 16.3. The van der Waals surface area contributed by atoms with Gasteiger partial charge < -0.3 is 15.9 Å². The summed E-state index contributed by atoms with van der Waals surface area (Å²) in [6, 6.07) is 12.4. The highest BCUT2D eigenvalue weighted by Crippen LogP contribution is 2.28. The molecule has 0 aliphatic heterocycles. The zero-order valence-corrected chi connectivity index (χ0v) is 13.1. The van der Waals surface area contributed by atoms with E-state index in [9.17, 15) is 4.79 Å². The standard InChI is InChI=1S/C17H14N6O2/c18-16-21-13(11-7-4-8-25-11)14-15(22-16)23(17(19)24)12(20-14)9-10-5-2-1-3-6-10/h1-8H,9H2,(H2,19,24)(H2,18,21,22). The summed E-state index contributed by atoms with van der Waals surface area (Å²) < 4.78 is 6.66. The van der Waals surface area contributed by atoms with Crippen molar-refractivity contribution < 1.29 is 9.21 Å². The number of carbonyl (C=O) groups is 1. The van der Waals surface area contributed by atoms with Gasteiger partial charge in [0.15, 0.2) is 11.4 Å². The van der Waals surface area contributed by atoms with Crippen molar-refractivity contribution in [2.75, 3.05) is 5.73 Å². The van der Waals surface area contributed by atoms with Gasteiger partial charge in [0.25, 0.3) is 0 Å². The molecule has 3 heterocycles. The maximum atomic E-state index is 12.0. The van der Waals surface area contributed by atoms with E-state index in [1.807, 2.05) is 30.3 Å². The second-order valence-electron chi connectivity index (χ2n) is 5.44. The number of amides is 1. The molecule has 0 unspecified atom stereocenters. The van der Waals surface area contributed by atoms with Gasteiger partial charge in [-0.1, -0.05) is 30.3 Å². The topological polar surface area (TPSA) is 126 Å². The molecule has 4 aromatic rings. The average molecular weight is 334 g/mol. The van der Waals surface area contributed by atoms with Gasteiger partial charge in [0, 0.05) is 6.42 Å². The number of primary amides is 1. The van der Waals surface area contributed by atoms with E-state index < -0.39 is 6.03 Å². The van der Waals surface area contributed by atoms with Gasteiger partial charge in [0.2, 0.25) is 5.95 Å². The molecule has 8 nitrogen and oxygen atoms in total. The summed E-state index contributed by atoms with van der Waals surface area (Å²) in [6.45, 7) is 0. The van der Waals surface area contributed by atoms with Crippen LogP contribution in [-0.4, -0.2) is 25.6 Å². The van der Waals surface area contributed by atoms with Gasteiger partial charge >= 0.3 is 6.03 Å². The van der Waals surface area contributed by atoms with Crippen LogP contribution in [0.3, 0.4) is 0 Å². The van der Waals surface area contributed by atoms with Crippen molar-refractivity contribution in [1.29, 1.82) is 0 Å². The Labute approximate surface area is 142 Å². The molecule has 25 heavy (non-hydrogen) atoms. The number of nitrogen functional groups attached to an aromatic ring is 1. The Kier molecular flexibility index (Phi) is 3.42. The number of benzene rings is 1. The number of furan rings is 1. The van der Waals surface area contributed by atoms with Crippen molar-refractivity contribution in [3.8, 4) is 11.5 Å². The van der Waals surface area contributed by atoms with Crippen LogP contribution in [0, 0.1) is 0 Å². The molecule has 0 spiro atoms. The Morgan fingerprint density at radius 3 is 2.56 bits per heavy atom. The average Bonchev–Trinajstić information content (AvgIpc) is 3.22. The molecule has 0 aliphatic rings. The van der Waals surface area contributed by atoms with Crippen LogP contribution >= 0.6 is 0 Å². The molecule has 0 saturated carbocycles. The van der Waals surface area contributed by atoms with E-state index in [1.54, 1.807) is 12.1 Å². The fourth-order valence-electron chi connectivity index (χ4n) is 2.73. The molecule has 4 rings (SSSR count). The first kappa shape index (κ1) is 14.9. The summed E-state index contributed by atoms with van der Waals surface area (Å²) in [5.74, 6) is 0.952. The van der Waals surface area contributed by atoms with Crippen molar-refractivity contribution >= 4 is 23.1 Å². The zero-order chi connectivity index (χ0) is 17.4. The molecule has 0 bridgehead atoms. The molecule has 1 aromatic carbocycles. The van der Waals surface area contributed by atoms with E-state index in [0.29, 0.717) is 29.2 Å². The SMILES string of the molecule is NC(=O)n1c(Cc2ccccc2)nc2c(-c3ccco3)nc(N)nc21. The first-order valence-corrected chi connectivity index (χ1v) is 7.56. The van der Waals surface area contributed by atoms with Crippen LogP contribution in [-0.2, 0) is 6.42 Å². The Hall–Kier alpha value is -3.68. The number of nitrogens with two attached hydrogens (primary N) is 2. The van der Waals surface area contributed by atoms with Gasteiger partial charge in [0.1, 0.15) is 17.0 Å². The number of hydrogen-bond acceptors (Lipinski definition) is 6. The monoisotopic (exact) mass is 334 g/mol. The normalized spacial score (nSPS) is 11.0. The number of hydrogen-bond donors (Lipinski definition) is 2. The van der Waals surface area contributed by atoms with Crippen molar-refractivity contribution in [1.82, 2.24) is 19.5 Å². The second kappa shape index (κ2) is 5.75. The van der Waals surface area contributed by atoms with Crippen LogP contribution in [0.2, 0.25) is 0 Å². The van der Waals surface area contributed by atoms with E-state index in [4.69, 9.17) is 15.9 Å². The van der Waals surface area contributed by atoms with Gasteiger partial charge in [-0.25, -0.2) is 19.3 Å². The maximum absolute atomic E-state index is 12.0. The van der Waals surface area contributed by atoms with E-state index >= 15 is 0 Å². The number of fused-ring (bicyclic) bond motifs is 1. The summed E-state index contributed by atoms with van der Waals surface area (Å²) in [6.07, 6.45) is 1.94. The molecule has 0 fully saturated rings. The summed E-state index contributed by atoms with van der Waals surface area (Å²) >= 11 is 0. The largest absolute Gasteiger partial charge is 0.463 e. The number of aromatic nitrogens is 4. The minimum absolute atomic E-state index is 0.00700. The third-order valence-corrected chi connectivity index (χ3v) is 3.77. The van der Waals surface area contributed by atoms with Crippen LogP contribution in [0.25, 0.3) is 22.6 Å². The van der Waals surface area contributed by atoms with E-state index in [2.05, 4.69) is 15.0 Å². The molecule has 0 radical (unpaired) electrons. The smallest absolute Gasteiger partial charge is 0.326 e. The Bertz CT molecular complexity index is 1050. The molecular weight excluding hydrogens is 320 g/mol. The molecule has 0 atom stereocenters. The summed E-state index contributed by atoms with van der Waals surface area (Å²) in [7, 11) is 0. The van der Waals surface area contributed by atoms with Crippen LogP contribution in [0.4, 0.5) is 10.7 Å². The highest BCUT2D eigenvalue weighted by Gasteiger charge is 2.22. The number of rotatable bonds is 3. The van der Waals surface area contributed by atoms with Crippen LogP contribution in [0.15, 0.2) is 53.1 Å². The van der Waals surface area contributed by atoms with Gasteiger partial charge in [-0.05, 0) is 17.7 Å². The third-order valence-electron chi connectivity index (χ3n) is 3.77. The number of anilines is 1. The highest BCUT2D eigenvalue weighted by molar-refractivity contribution is 5.93. The first-order chi connectivity index (χ1) is 12.1. The molecule has 0 saturated heterocycles. The lowest BCUT2D eigenvalue weighted by atomic mass is 10.1. The Balaban J connectivity index is 1.96. The minimum Gasteiger partial charge on any atom is -0.463 e. The second-order valence-corrected chi connectivity index (χ2v) is 5.44. The zero-order valence-electron chi connectivity index (χ0n) is 13.1. The Morgan fingerprint density at radius 1 is 1.08 bits per heavy atom. The summed E-state index contributed by atoms with van der Waals surface area (Å²) in [5, 5.41) is 0. The first-order valence-electron chi connectivity index (χ1n) is 7.56. The van der Waals surface area contributed by atoms with E-state index in [0.717, 1.165) is 5.56 Å². The lowest BCUT2D eigenvalue weighted by Crippen LogP contribution is -2.22. The summed E-state index contributed by atoms with van der Waals surface area (Å²) in [5.41, 5.74) is 13.4. The molecule has 3 aromatic heterocycles. The van der Waals surface area contributed by atoms with E-state index in [1.165, 1.54) is 10.8 Å². The van der Waals surface area contributed by atoms with Gasteiger partial charge in [-0.3, -0.25) is 0 Å². The molecular formula is C17H14N6O2. The van der Waals surface area contributed by atoms with Crippen LogP contribution < -0.4 is 11.5 Å². The number of carbonyl (C=O) groups excluding carboxylic acids is 1. The van der Waals surface area contributed by atoms with Gasteiger partial charge in [0.05, 0.1) is 6.26 Å². The molecule has 124 valence electrons. The predicted octanol–water partition coefficient (Wildman–Crippen LogP) is 2.19. The van der Waals surface area contributed by atoms with Crippen LogP contribution in [0.5, 0.6) is 0 Å². The predicted molar refractivity (Wildman–Crippen MR) is 91.7 cm³/mol. The van der Waals surface area contributed by atoms with Crippen molar-refractivity contribution in [2.45, 2.75) is 6.42 Å². The molecule has 4 N–H and O–H groups in total. The van der Waals surface area contributed by atoms with Crippen LogP contribution in [0.1, 0.15) is 11.4 Å². The lowest BCUT2D eigenvalue weighted by Gasteiger charge is -2.04.